The van der Waals surface area contributed by atoms with Crippen molar-refractivity contribution in [2.24, 2.45) is 5.92 Å². The van der Waals surface area contributed by atoms with Gasteiger partial charge in [-0.2, -0.15) is 0 Å². The largest absolute Gasteiger partial charge is 0.494 e. The van der Waals surface area contributed by atoms with Crippen LogP contribution in [0.15, 0.2) is 79.3 Å². The van der Waals surface area contributed by atoms with Gasteiger partial charge < -0.3 is 23.7 Å². The van der Waals surface area contributed by atoms with Crippen molar-refractivity contribution in [1.82, 2.24) is 0 Å². The Hall–Kier alpha value is -3.67. The van der Waals surface area contributed by atoms with Gasteiger partial charge in [0.25, 0.3) is 5.95 Å². The maximum absolute atomic E-state index is 13.8. The molecule has 0 N–H and O–H groups in total. The highest BCUT2D eigenvalue weighted by atomic mass is 19.1. The minimum Gasteiger partial charge on any atom is -0.494 e. The first-order chi connectivity index (χ1) is 20.6. The molecule has 0 saturated carbocycles. The van der Waals surface area contributed by atoms with Gasteiger partial charge in [0.15, 0.2) is 0 Å². The van der Waals surface area contributed by atoms with Crippen molar-refractivity contribution in [3.63, 3.8) is 0 Å². The molecule has 1 fully saturated rings. The van der Waals surface area contributed by atoms with Crippen LogP contribution in [0.2, 0.25) is 0 Å². The first-order valence-corrected chi connectivity index (χ1v) is 15.4. The van der Waals surface area contributed by atoms with E-state index in [0.717, 1.165) is 54.4 Å². The van der Waals surface area contributed by atoms with Gasteiger partial charge in [0.2, 0.25) is 0 Å². The van der Waals surface area contributed by atoms with Crippen molar-refractivity contribution in [3.05, 3.63) is 90.6 Å². The highest BCUT2D eigenvalue weighted by Crippen LogP contribution is 2.25. The van der Waals surface area contributed by atoms with Crippen LogP contribution >= 0.6 is 0 Å². The first-order valence-electron chi connectivity index (χ1n) is 15.4. The molecule has 0 aliphatic carbocycles. The van der Waals surface area contributed by atoms with Crippen LogP contribution in [0.5, 0.6) is 17.2 Å². The average Bonchev–Trinajstić information content (AvgIpc) is 3.01. The maximum Gasteiger partial charge on any atom is 0.271 e. The predicted molar refractivity (Wildman–Crippen MR) is 166 cm³/mol. The molecule has 1 saturated heterocycles. The lowest BCUT2D eigenvalue weighted by molar-refractivity contribution is -0.0594. The first kappa shape index (κ1) is 31.3. The summed E-state index contributed by atoms with van der Waals surface area (Å²) in [7, 11) is 0. The second-order valence-electron chi connectivity index (χ2n) is 11.0. The number of ether oxygens (including phenoxy) is 5. The van der Waals surface area contributed by atoms with E-state index in [1.54, 1.807) is 13.0 Å². The lowest BCUT2D eigenvalue weighted by Gasteiger charge is -2.24. The number of halogens is 1. The van der Waals surface area contributed by atoms with Crippen molar-refractivity contribution in [2.45, 2.75) is 64.7 Å². The molecule has 0 atom stereocenters. The van der Waals surface area contributed by atoms with Gasteiger partial charge in [0.1, 0.15) is 36.3 Å². The molecule has 226 valence electrons. The summed E-state index contributed by atoms with van der Waals surface area (Å²) in [5.74, 6) is 2.99. The Labute approximate surface area is 250 Å². The summed E-state index contributed by atoms with van der Waals surface area (Å²) >= 11 is 0. The average molecular weight is 577 g/mol. The molecule has 4 rings (SSSR count). The molecule has 0 spiro atoms. The zero-order valence-electron chi connectivity index (χ0n) is 25.0. The van der Waals surface area contributed by atoms with Crippen LogP contribution in [0.4, 0.5) is 4.39 Å². The fourth-order valence-corrected chi connectivity index (χ4v) is 4.79. The molecule has 3 aromatic carbocycles. The Balaban J connectivity index is 0.940. The van der Waals surface area contributed by atoms with Crippen LogP contribution in [-0.4, -0.2) is 33.0 Å². The third-order valence-electron chi connectivity index (χ3n) is 7.46. The molecule has 3 aromatic rings. The second-order valence-corrected chi connectivity index (χ2v) is 11.0. The lowest BCUT2D eigenvalue weighted by Crippen LogP contribution is -2.27. The van der Waals surface area contributed by atoms with Crippen LogP contribution in [0.25, 0.3) is 11.1 Å². The van der Waals surface area contributed by atoms with E-state index in [1.165, 1.54) is 44.9 Å². The van der Waals surface area contributed by atoms with E-state index < -0.39 is 0 Å². The van der Waals surface area contributed by atoms with Crippen LogP contribution in [0.3, 0.4) is 0 Å². The van der Waals surface area contributed by atoms with Gasteiger partial charge in [0.05, 0.1) is 25.7 Å². The van der Waals surface area contributed by atoms with E-state index in [9.17, 15) is 4.39 Å². The predicted octanol–water partition coefficient (Wildman–Crippen LogP) is 9.28. The second kappa shape index (κ2) is 17.3. The number of unbranched alkanes of at least 4 members (excludes halogenated alkanes) is 8. The third kappa shape index (κ3) is 11.0. The Kier molecular flexibility index (Phi) is 12.9. The zero-order chi connectivity index (χ0) is 29.4. The Morgan fingerprint density at radius 3 is 1.62 bits per heavy atom. The molecular weight excluding hydrogens is 531 g/mol. The smallest absolute Gasteiger partial charge is 0.271 e. The standard InChI is InChI=1S/C36H45FO5/c1-28-12-13-32(24-36(28)37)31-14-16-33(17-15-31)38-22-10-8-6-4-3-5-7-9-11-23-39-34-18-20-35(21-19-34)42-27-30-25-40-29(2)41-26-30/h12-21,24,30H,2-11,22-23,25-27H2,1H3. The molecule has 0 unspecified atom stereocenters. The fourth-order valence-electron chi connectivity index (χ4n) is 4.79. The van der Waals surface area contributed by atoms with E-state index in [4.69, 9.17) is 23.7 Å². The van der Waals surface area contributed by atoms with Crippen LogP contribution in [-0.2, 0) is 9.47 Å². The highest BCUT2D eigenvalue weighted by molar-refractivity contribution is 5.64. The number of hydrogen-bond donors (Lipinski definition) is 0. The van der Waals surface area contributed by atoms with Crippen LogP contribution < -0.4 is 14.2 Å². The van der Waals surface area contributed by atoms with Gasteiger partial charge in [-0.3, -0.25) is 0 Å². The molecule has 1 heterocycles. The van der Waals surface area contributed by atoms with Crippen LogP contribution in [0.1, 0.15) is 63.4 Å². The summed E-state index contributed by atoms with van der Waals surface area (Å²) in [5, 5.41) is 0. The summed E-state index contributed by atoms with van der Waals surface area (Å²) in [5.41, 5.74) is 2.54. The minimum absolute atomic E-state index is 0.172. The van der Waals surface area contributed by atoms with Crippen LogP contribution in [0, 0.1) is 18.7 Å². The molecule has 42 heavy (non-hydrogen) atoms. The van der Waals surface area contributed by atoms with Crippen molar-refractivity contribution in [2.75, 3.05) is 33.0 Å². The van der Waals surface area contributed by atoms with E-state index in [-0.39, 0.29) is 11.7 Å². The molecule has 5 nitrogen and oxygen atoms in total. The van der Waals surface area contributed by atoms with Crippen molar-refractivity contribution >= 4 is 0 Å². The normalized spacial score (nSPS) is 13.3. The summed E-state index contributed by atoms with van der Waals surface area (Å²) in [6.45, 7) is 8.61. The van der Waals surface area contributed by atoms with Gasteiger partial charge >= 0.3 is 0 Å². The van der Waals surface area contributed by atoms with Crippen molar-refractivity contribution in [3.8, 4) is 28.4 Å². The summed E-state index contributed by atoms with van der Waals surface area (Å²) in [6, 6.07) is 21.1. The molecule has 0 radical (unpaired) electrons. The van der Waals surface area contributed by atoms with Gasteiger partial charge in [-0.05, 0) is 85.5 Å². The van der Waals surface area contributed by atoms with Crippen molar-refractivity contribution in [1.29, 1.82) is 0 Å². The Bertz CT molecular complexity index is 1200. The zero-order valence-corrected chi connectivity index (χ0v) is 25.0. The number of hydrogen-bond acceptors (Lipinski definition) is 5. The quantitative estimate of drug-likeness (QED) is 0.141. The third-order valence-corrected chi connectivity index (χ3v) is 7.46. The molecule has 0 bridgehead atoms. The fraction of sp³-hybridized carbons (Fsp3) is 0.444. The minimum atomic E-state index is -0.172. The van der Waals surface area contributed by atoms with E-state index in [0.29, 0.717) is 31.3 Å². The molecule has 1 aliphatic heterocycles. The number of rotatable bonds is 18. The highest BCUT2D eigenvalue weighted by Gasteiger charge is 2.18. The van der Waals surface area contributed by atoms with Gasteiger partial charge in [-0.15, -0.1) is 0 Å². The topological polar surface area (TPSA) is 46.2 Å². The lowest BCUT2D eigenvalue weighted by atomic mass is 10.0. The van der Waals surface area contributed by atoms with Gasteiger partial charge in [0, 0.05) is 0 Å². The van der Waals surface area contributed by atoms with E-state index in [1.807, 2.05) is 60.7 Å². The maximum atomic E-state index is 13.8. The van der Waals surface area contributed by atoms with Gasteiger partial charge in [-0.1, -0.05) is 69.2 Å². The van der Waals surface area contributed by atoms with Gasteiger partial charge in [-0.25, -0.2) is 4.39 Å². The Morgan fingerprint density at radius 2 is 1.10 bits per heavy atom. The summed E-state index contributed by atoms with van der Waals surface area (Å²) in [6.07, 6.45) is 10.9. The SMILES string of the molecule is C=C1OCC(COc2ccc(OCCCCCCCCCCCOc3ccc(-c4ccc(C)c(F)c4)cc3)cc2)CO1. The number of aryl methyl sites for hydroxylation is 1. The molecule has 1 aliphatic rings. The summed E-state index contributed by atoms with van der Waals surface area (Å²) in [4.78, 5) is 0. The van der Waals surface area contributed by atoms with E-state index >= 15 is 0 Å². The van der Waals surface area contributed by atoms with Crippen molar-refractivity contribution < 1.29 is 28.1 Å². The molecular formula is C36H45FO5. The summed E-state index contributed by atoms with van der Waals surface area (Å²) < 4.78 is 42.1. The Morgan fingerprint density at radius 1 is 0.643 bits per heavy atom. The molecule has 0 amide bonds. The molecule has 0 aromatic heterocycles. The number of benzene rings is 3. The van der Waals surface area contributed by atoms with E-state index in [2.05, 4.69) is 6.58 Å². The molecule has 6 heteroatoms. The monoisotopic (exact) mass is 576 g/mol.